The van der Waals surface area contributed by atoms with Gasteiger partial charge in [-0.3, -0.25) is 4.79 Å². The molecule has 3 aliphatic heterocycles. The van der Waals surface area contributed by atoms with E-state index in [2.05, 4.69) is 15.6 Å². The Kier molecular flexibility index (Phi) is 4.64. The molecule has 1 amide bonds. The Morgan fingerprint density at radius 2 is 2.11 bits per heavy atom. The fraction of sp³-hybridized carbons (Fsp3) is 0.550. The maximum absolute atomic E-state index is 13.2. The molecule has 28 heavy (non-hydrogen) atoms. The molecule has 1 N–H and O–H groups in total. The van der Waals surface area contributed by atoms with E-state index in [0.717, 1.165) is 55.8 Å². The number of rotatable bonds is 3. The van der Waals surface area contributed by atoms with Crippen LogP contribution in [-0.4, -0.2) is 58.6 Å². The van der Waals surface area contributed by atoms with Gasteiger partial charge in [0.2, 0.25) is 0 Å². The molecule has 2 unspecified atom stereocenters. The first kappa shape index (κ1) is 17.5. The zero-order valence-corrected chi connectivity index (χ0v) is 15.8. The molecule has 8 heteroatoms. The van der Waals surface area contributed by atoms with Gasteiger partial charge in [0.15, 0.2) is 17.2 Å². The van der Waals surface area contributed by atoms with Gasteiger partial charge in [0.1, 0.15) is 13.2 Å². The number of benzene rings is 1. The van der Waals surface area contributed by atoms with Crippen LogP contribution in [0.1, 0.15) is 53.8 Å². The first-order chi connectivity index (χ1) is 13.8. The molecule has 148 valence electrons. The van der Waals surface area contributed by atoms with Crippen molar-refractivity contribution in [3.05, 3.63) is 35.7 Å². The van der Waals surface area contributed by atoms with Crippen LogP contribution in [0.4, 0.5) is 0 Å². The molecule has 2 aromatic rings. The number of carbonyl (C=O) groups is 1. The van der Waals surface area contributed by atoms with Crippen LogP contribution in [0.15, 0.2) is 24.4 Å². The third-order valence-corrected chi connectivity index (χ3v) is 5.84. The summed E-state index contributed by atoms with van der Waals surface area (Å²) >= 11 is 0. The van der Waals surface area contributed by atoms with E-state index >= 15 is 0 Å². The number of para-hydroxylation sites is 1. The van der Waals surface area contributed by atoms with Gasteiger partial charge in [-0.05, 0) is 38.3 Å². The molecule has 0 saturated carbocycles. The fourth-order valence-corrected chi connectivity index (χ4v) is 4.45. The number of nitrogens with zero attached hydrogens (tertiary/aromatic N) is 4. The molecule has 0 spiro atoms. The van der Waals surface area contributed by atoms with Crippen LogP contribution >= 0.6 is 0 Å². The highest BCUT2D eigenvalue weighted by atomic mass is 16.6. The lowest BCUT2D eigenvalue weighted by Crippen LogP contribution is -2.32. The van der Waals surface area contributed by atoms with Gasteiger partial charge in [-0.1, -0.05) is 17.3 Å². The smallest absolute Gasteiger partial charge is 0.276 e. The summed E-state index contributed by atoms with van der Waals surface area (Å²) in [6.07, 6.45) is 5.84. The summed E-state index contributed by atoms with van der Waals surface area (Å²) < 4.78 is 13.4. The second-order valence-electron chi connectivity index (χ2n) is 7.61. The minimum Gasteiger partial charge on any atom is -0.486 e. The summed E-state index contributed by atoms with van der Waals surface area (Å²) in [6.45, 7) is 3.72. The van der Waals surface area contributed by atoms with Gasteiger partial charge in [0, 0.05) is 18.7 Å². The second kappa shape index (κ2) is 7.43. The van der Waals surface area contributed by atoms with Crippen molar-refractivity contribution in [2.75, 3.05) is 32.8 Å². The second-order valence-corrected chi connectivity index (χ2v) is 7.61. The average Bonchev–Trinajstić information content (AvgIpc) is 3.43. The monoisotopic (exact) mass is 383 g/mol. The van der Waals surface area contributed by atoms with Crippen molar-refractivity contribution >= 4 is 5.91 Å². The Morgan fingerprint density at radius 1 is 1.18 bits per heavy atom. The number of fused-ring (bicyclic) bond motifs is 1. The number of likely N-dealkylation sites (tertiary alicyclic amines) is 1. The van der Waals surface area contributed by atoms with Gasteiger partial charge in [-0.2, -0.15) is 0 Å². The van der Waals surface area contributed by atoms with Gasteiger partial charge in [0.25, 0.3) is 5.91 Å². The van der Waals surface area contributed by atoms with Crippen LogP contribution < -0.4 is 14.8 Å². The molecular weight excluding hydrogens is 358 g/mol. The molecule has 2 fully saturated rings. The minimum absolute atomic E-state index is 0.0225. The highest BCUT2D eigenvalue weighted by Crippen LogP contribution is 2.43. The van der Waals surface area contributed by atoms with Gasteiger partial charge >= 0.3 is 0 Å². The fourth-order valence-electron chi connectivity index (χ4n) is 4.45. The average molecular weight is 383 g/mol. The highest BCUT2D eigenvalue weighted by molar-refractivity contribution is 5.92. The Bertz CT molecular complexity index is 861. The standard InChI is InChI=1S/C20H25N5O3/c26-20(16-13-25(23-22-16)14-4-2-8-21-12-14)24-9-3-6-17(24)15-5-1-7-18-19(15)28-11-10-27-18/h1,5,7,13-14,17,21H,2-4,6,8-12H2. The molecule has 1 aromatic carbocycles. The Labute approximate surface area is 163 Å². The van der Waals surface area contributed by atoms with Crippen LogP contribution in [0.3, 0.4) is 0 Å². The molecule has 8 nitrogen and oxygen atoms in total. The molecule has 1 aromatic heterocycles. The van der Waals surface area contributed by atoms with Crippen LogP contribution in [0, 0.1) is 0 Å². The topological polar surface area (TPSA) is 81.5 Å². The number of hydrogen-bond acceptors (Lipinski definition) is 6. The van der Waals surface area contributed by atoms with E-state index in [0.29, 0.717) is 25.5 Å². The SMILES string of the molecule is O=C(c1cn(C2CCCNC2)nn1)N1CCCC1c1cccc2c1OCCO2. The zero-order valence-electron chi connectivity index (χ0n) is 15.8. The molecule has 0 aliphatic carbocycles. The van der Waals surface area contributed by atoms with E-state index in [4.69, 9.17) is 9.47 Å². The van der Waals surface area contributed by atoms with Crippen LogP contribution in [0.2, 0.25) is 0 Å². The van der Waals surface area contributed by atoms with Gasteiger partial charge in [0.05, 0.1) is 18.3 Å². The lowest BCUT2D eigenvalue weighted by atomic mass is 10.0. The largest absolute Gasteiger partial charge is 0.486 e. The first-order valence-corrected chi connectivity index (χ1v) is 10.1. The van der Waals surface area contributed by atoms with Gasteiger partial charge in [-0.15, -0.1) is 5.10 Å². The van der Waals surface area contributed by atoms with E-state index in [1.807, 2.05) is 27.8 Å². The predicted molar refractivity (Wildman–Crippen MR) is 102 cm³/mol. The summed E-state index contributed by atoms with van der Waals surface area (Å²) in [4.78, 5) is 15.1. The maximum Gasteiger partial charge on any atom is 0.276 e. The summed E-state index contributed by atoms with van der Waals surface area (Å²) in [5.41, 5.74) is 1.44. The van der Waals surface area contributed by atoms with Crippen LogP contribution in [0.25, 0.3) is 0 Å². The third-order valence-electron chi connectivity index (χ3n) is 5.84. The first-order valence-electron chi connectivity index (χ1n) is 10.1. The maximum atomic E-state index is 13.2. The van der Waals surface area contributed by atoms with Crippen molar-refractivity contribution in [1.82, 2.24) is 25.2 Å². The van der Waals surface area contributed by atoms with Gasteiger partial charge < -0.3 is 19.7 Å². The van der Waals surface area contributed by atoms with Crippen LogP contribution in [-0.2, 0) is 0 Å². The molecule has 2 saturated heterocycles. The number of amides is 1. The number of piperidine rings is 1. The lowest BCUT2D eigenvalue weighted by molar-refractivity contribution is 0.0724. The van der Waals surface area contributed by atoms with Crippen molar-refractivity contribution in [1.29, 1.82) is 0 Å². The normalized spacial score (nSPS) is 24.4. The van der Waals surface area contributed by atoms with Gasteiger partial charge in [-0.25, -0.2) is 4.68 Å². The Hall–Kier alpha value is -2.61. The number of carbonyl (C=O) groups excluding carboxylic acids is 1. The Balaban J connectivity index is 1.39. The van der Waals surface area contributed by atoms with Crippen molar-refractivity contribution in [2.45, 2.75) is 37.8 Å². The third kappa shape index (κ3) is 3.11. The summed E-state index contributed by atoms with van der Waals surface area (Å²) in [5, 5.41) is 11.8. The zero-order chi connectivity index (χ0) is 18.9. The molecular formula is C20H25N5O3. The van der Waals surface area contributed by atoms with Crippen molar-refractivity contribution in [3.63, 3.8) is 0 Å². The number of hydrogen-bond donors (Lipinski definition) is 1. The highest BCUT2D eigenvalue weighted by Gasteiger charge is 2.35. The van der Waals surface area contributed by atoms with E-state index in [-0.39, 0.29) is 18.0 Å². The van der Waals surface area contributed by atoms with E-state index in [1.54, 1.807) is 6.20 Å². The molecule has 2 atom stereocenters. The lowest BCUT2D eigenvalue weighted by Gasteiger charge is -2.28. The van der Waals surface area contributed by atoms with E-state index in [1.165, 1.54) is 0 Å². The quantitative estimate of drug-likeness (QED) is 0.873. The summed E-state index contributed by atoms with van der Waals surface area (Å²) in [7, 11) is 0. The van der Waals surface area contributed by atoms with Crippen molar-refractivity contribution in [3.8, 4) is 11.5 Å². The van der Waals surface area contributed by atoms with Crippen molar-refractivity contribution < 1.29 is 14.3 Å². The molecule has 3 aliphatic rings. The van der Waals surface area contributed by atoms with Crippen molar-refractivity contribution in [2.24, 2.45) is 0 Å². The van der Waals surface area contributed by atoms with Crippen LogP contribution in [0.5, 0.6) is 11.5 Å². The molecule has 5 rings (SSSR count). The molecule has 0 bridgehead atoms. The predicted octanol–water partition coefficient (Wildman–Crippen LogP) is 1.95. The number of ether oxygens (including phenoxy) is 2. The number of nitrogens with one attached hydrogen (secondary N) is 1. The minimum atomic E-state index is -0.0631. The summed E-state index contributed by atoms with van der Waals surface area (Å²) in [6, 6.07) is 6.17. The number of aromatic nitrogens is 3. The van der Waals surface area contributed by atoms with E-state index < -0.39 is 0 Å². The summed E-state index contributed by atoms with van der Waals surface area (Å²) in [5.74, 6) is 1.47. The Morgan fingerprint density at radius 3 is 3.00 bits per heavy atom. The molecule has 0 radical (unpaired) electrons. The molecule has 4 heterocycles. The van der Waals surface area contributed by atoms with E-state index in [9.17, 15) is 4.79 Å².